The van der Waals surface area contributed by atoms with E-state index in [2.05, 4.69) is 10.0 Å². The maximum Gasteiger partial charge on any atom is 0.306 e. The van der Waals surface area contributed by atoms with Crippen LogP contribution in [-0.4, -0.2) is 8.42 Å². The zero-order valence-electron chi connectivity index (χ0n) is 8.18. The van der Waals surface area contributed by atoms with Crippen LogP contribution in [0.15, 0.2) is 17.2 Å². The van der Waals surface area contributed by atoms with Gasteiger partial charge in [0.05, 0.1) is 0 Å². The summed E-state index contributed by atoms with van der Waals surface area (Å²) in [6.45, 7) is 1.74. The van der Waals surface area contributed by atoms with Gasteiger partial charge in [-0.15, -0.1) is 3.89 Å². The molecule has 0 N–H and O–H groups in total. The molecule has 0 amide bonds. The molecule has 0 bridgehead atoms. The van der Waals surface area contributed by atoms with Gasteiger partial charge in [0.15, 0.2) is 0 Å². The number of benzene rings is 1. The summed E-state index contributed by atoms with van der Waals surface area (Å²) in [6.07, 6.45) is 0. The largest absolute Gasteiger partial charge is 0.306 e. The van der Waals surface area contributed by atoms with Crippen LogP contribution in [0.2, 0.25) is 0 Å². The summed E-state index contributed by atoms with van der Waals surface area (Å²) in [5, 5.41) is 3.42. The second-order valence-corrected chi connectivity index (χ2v) is 5.62. The van der Waals surface area contributed by atoms with Crippen LogP contribution in [0.4, 0.5) is 9.57 Å². The highest BCUT2D eigenvalue weighted by Gasteiger charge is 2.11. The van der Waals surface area contributed by atoms with E-state index in [4.69, 9.17) is 5.53 Å². The maximum absolute atomic E-state index is 12.5. The number of nitrogens with zero attached hydrogens (tertiary/aromatic N) is 3. The molecule has 8 heteroatoms. The fourth-order valence-electron chi connectivity index (χ4n) is 1.15. The number of hydrogen-bond donors (Lipinski definition) is 0. The molecule has 1 aromatic carbocycles. The van der Waals surface area contributed by atoms with E-state index in [1.165, 1.54) is 6.07 Å². The van der Waals surface area contributed by atoms with Crippen molar-refractivity contribution in [1.29, 1.82) is 0 Å². The average Bonchev–Trinajstić information content (AvgIpc) is 2.11. The minimum Gasteiger partial charge on any atom is -0.194 e. The standard InChI is InChI=1S/C8H7FIN3O2S/c1-5-7(10)2-6(4-16(9,14)15)3-8(5)12-13-11/h2-3H,4H2,1H3. The van der Waals surface area contributed by atoms with Crippen LogP contribution in [0, 0.1) is 10.5 Å². The smallest absolute Gasteiger partial charge is 0.194 e. The third kappa shape index (κ3) is 3.62. The molecule has 0 fully saturated rings. The van der Waals surface area contributed by atoms with Gasteiger partial charge < -0.3 is 0 Å². The van der Waals surface area contributed by atoms with E-state index in [9.17, 15) is 12.3 Å². The lowest BCUT2D eigenvalue weighted by Gasteiger charge is -2.05. The molecule has 0 aliphatic carbocycles. The van der Waals surface area contributed by atoms with Gasteiger partial charge in [0, 0.05) is 14.2 Å². The Bertz CT molecular complexity index is 567. The molecule has 0 radical (unpaired) electrons. The first kappa shape index (κ1) is 13.2. The Morgan fingerprint density at radius 3 is 2.69 bits per heavy atom. The molecule has 1 rings (SSSR count). The Balaban J connectivity index is 3.29. The highest BCUT2D eigenvalue weighted by molar-refractivity contribution is 14.1. The lowest BCUT2D eigenvalue weighted by Crippen LogP contribution is -1.97. The van der Waals surface area contributed by atoms with Crippen molar-refractivity contribution in [2.45, 2.75) is 12.7 Å². The topological polar surface area (TPSA) is 82.9 Å². The van der Waals surface area contributed by atoms with Gasteiger partial charge in [0.25, 0.3) is 0 Å². The Labute approximate surface area is 106 Å². The predicted octanol–water partition coefficient (Wildman–Crippen LogP) is 3.34. The van der Waals surface area contributed by atoms with E-state index in [1.54, 1.807) is 13.0 Å². The van der Waals surface area contributed by atoms with Crippen molar-refractivity contribution < 1.29 is 12.3 Å². The van der Waals surface area contributed by atoms with Crippen molar-refractivity contribution in [2.24, 2.45) is 5.11 Å². The summed E-state index contributed by atoms with van der Waals surface area (Å²) in [5.74, 6) is -0.711. The molecular weight excluding hydrogens is 348 g/mol. The van der Waals surface area contributed by atoms with Crippen molar-refractivity contribution in [3.05, 3.63) is 37.3 Å². The van der Waals surface area contributed by atoms with Crippen LogP contribution in [0.25, 0.3) is 10.4 Å². The normalized spacial score (nSPS) is 10.9. The molecule has 0 aromatic heterocycles. The summed E-state index contributed by atoms with van der Waals surface area (Å²) in [4.78, 5) is 2.62. The monoisotopic (exact) mass is 355 g/mol. The number of rotatable bonds is 3. The van der Waals surface area contributed by atoms with Gasteiger partial charge in [0.1, 0.15) is 5.75 Å². The third-order valence-corrected chi connectivity index (χ3v) is 3.67. The Kier molecular flexibility index (Phi) is 4.11. The summed E-state index contributed by atoms with van der Waals surface area (Å²) >= 11 is 1.97. The zero-order valence-corrected chi connectivity index (χ0v) is 11.2. The SMILES string of the molecule is Cc1c(I)cc(CS(=O)(=O)F)cc1N=[N+]=[N-]. The van der Waals surface area contributed by atoms with Crippen molar-refractivity contribution in [3.63, 3.8) is 0 Å². The van der Waals surface area contributed by atoms with E-state index in [-0.39, 0.29) is 5.56 Å². The molecule has 16 heavy (non-hydrogen) atoms. The zero-order chi connectivity index (χ0) is 12.3. The maximum atomic E-state index is 12.5. The predicted molar refractivity (Wildman–Crippen MR) is 66.4 cm³/mol. The van der Waals surface area contributed by atoms with Crippen molar-refractivity contribution in [2.75, 3.05) is 0 Å². The molecule has 0 heterocycles. The first-order chi connectivity index (χ1) is 7.33. The number of hydrogen-bond acceptors (Lipinski definition) is 3. The van der Waals surface area contributed by atoms with Gasteiger partial charge in [-0.1, -0.05) is 5.11 Å². The lowest BCUT2D eigenvalue weighted by molar-refractivity contribution is 0.551. The molecule has 1 aromatic rings. The number of halogens is 2. The van der Waals surface area contributed by atoms with Crippen LogP contribution < -0.4 is 0 Å². The van der Waals surface area contributed by atoms with E-state index < -0.39 is 16.0 Å². The van der Waals surface area contributed by atoms with Crippen LogP contribution in [0.1, 0.15) is 11.1 Å². The molecule has 0 aliphatic rings. The Hall–Kier alpha value is -0.860. The molecule has 86 valence electrons. The minimum absolute atomic E-state index is 0.264. The third-order valence-electron chi connectivity index (χ3n) is 1.87. The Morgan fingerprint density at radius 1 is 1.56 bits per heavy atom. The molecule has 0 aliphatic heterocycles. The van der Waals surface area contributed by atoms with Gasteiger partial charge in [-0.3, -0.25) is 0 Å². The minimum atomic E-state index is -4.58. The second kappa shape index (κ2) is 4.98. The first-order valence-corrected chi connectivity index (χ1v) is 6.73. The summed E-state index contributed by atoms with van der Waals surface area (Å²) < 4.78 is 34.2. The van der Waals surface area contributed by atoms with E-state index >= 15 is 0 Å². The highest BCUT2D eigenvalue weighted by atomic mass is 127. The quantitative estimate of drug-likeness (QED) is 0.274. The molecule has 0 unspecified atom stereocenters. The second-order valence-electron chi connectivity index (χ2n) is 3.09. The summed E-state index contributed by atoms with van der Waals surface area (Å²) in [5.41, 5.74) is 9.63. The summed E-state index contributed by atoms with van der Waals surface area (Å²) in [7, 11) is -4.58. The lowest BCUT2D eigenvalue weighted by atomic mass is 10.1. The van der Waals surface area contributed by atoms with Crippen LogP contribution in [-0.2, 0) is 16.0 Å². The fraction of sp³-hybridized carbons (Fsp3) is 0.250. The van der Waals surface area contributed by atoms with Gasteiger partial charge in [0.2, 0.25) is 0 Å². The van der Waals surface area contributed by atoms with Gasteiger partial charge >= 0.3 is 10.2 Å². The van der Waals surface area contributed by atoms with Crippen molar-refractivity contribution >= 4 is 38.5 Å². The number of azide groups is 1. The van der Waals surface area contributed by atoms with Gasteiger partial charge in [-0.05, 0) is 58.3 Å². The fourth-order valence-corrected chi connectivity index (χ4v) is 2.39. The van der Waals surface area contributed by atoms with Crippen LogP contribution in [0.5, 0.6) is 0 Å². The highest BCUT2D eigenvalue weighted by Crippen LogP contribution is 2.27. The molecule has 0 saturated carbocycles. The van der Waals surface area contributed by atoms with E-state index in [0.717, 1.165) is 9.13 Å². The molecule has 0 saturated heterocycles. The summed E-state index contributed by atoms with van der Waals surface area (Å²) in [6, 6.07) is 2.91. The molecular formula is C8H7FIN3O2S. The first-order valence-electron chi connectivity index (χ1n) is 4.10. The van der Waals surface area contributed by atoms with Gasteiger partial charge in [-0.2, -0.15) is 8.42 Å². The van der Waals surface area contributed by atoms with Crippen LogP contribution in [0.3, 0.4) is 0 Å². The molecule has 5 nitrogen and oxygen atoms in total. The van der Waals surface area contributed by atoms with Gasteiger partial charge in [-0.25, -0.2) is 0 Å². The Morgan fingerprint density at radius 2 is 2.19 bits per heavy atom. The van der Waals surface area contributed by atoms with E-state index in [0.29, 0.717) is 5.69 Å². The molecule has 0 atom stereocenters. The average molecular weight is 355 g/mol. The molecule has 0 spiro atoms. The van der Waals surface area contributed by atoms with Crippen molar-refractivity contribution in [1.82, 2.24) is 0 Å². The van der Waals surface area contributed by atoms with Crippen LogP contribution >= 0.6 is 22.6 Å². The van der Waals surface area contributed by atoms with E-state index in [1.807, 2.05) is 22.6 Å². The van der Waals surface area contributed by atoms with Crippen molar-refractivity contribution in [3.8, 4) is 0 Å².